The molecule has 0 spiro atoms. The first kappa shape index (κ1) is 14.1. The normalized spacial score (nSPS) is 16.3. The molecule has 0 aromatic carbocycles. The van der Waals surface area contributed by atoms with Gasteiger partial charge in [0.1, 0.15) is 5.69 Å². The van der Waals surface area contributed by atoms with Crippen molar-refractivity contribution < 1.29 is 10.0 Å². The highest BCUT2D eigenvalue weighted by atomic mass is 16.4. The Bertz CT molecular complexity index is 561. The van der Waals surface area contributed by atoms with Crippen LogP contribution in [0.4, 0.5) is 0 Å². The Morgan fingerprint density at radius 3 is 2.75 bits per heavy atom. The molecule has 1 saturated carbocycles. The van der Waals surface area contributed by atoms with Gasteiger partial charge in [0.05, 0.1) is 6.54 Å². The van der Waals surface area contributed by atoms with Gasteiger partial charge >= 0.3 is 0 Å². The van der Waals surface area contributed by atoms with Crippen molar-refractivity contribution in [3.05, 3.63) is 34.2 Å². The van der Waals surface area contributed by atoms with Gasteiger partial charge in [0, 0.05) is 12.1 Å². The molecule has 1 aromatic rings. The van der Waals surface area contributed by atoms with E-state index >= 15 is 0 Å². The Kier molecular flexibility index (Phi) is 4.39. The highest BCUT2D eigenvalue weighted by Gasteiger charge is 2.28. The molecule has 1 amide bonds. The second kappa shape index (κ2) is 6.23. The summed E-state index contributed by atoms with van der Waals surface area (Å²) in [4.78, 5) is 27.9. The maximum absolute atomic E-state index is 12.5. The summed E-state index contributed by atoms with van der Waals surface area (Å²) in [6, 6.07) is 4.49. The first-order chi connectivity index (χ1) is 9.61. The van der Waals surface area contributed by atoms with Gasteiger partial charge in [0.25, 0.3) is 5.91 Å². The highest BCUT2D eigenvalue weighted by Crippen LogP contribution is 2.24. The van der Waals surface area contributed by atoms with Gasteiger partial charge in [0.15, 0.2) is 5.84 Å². The minimum atomic E-state index is -0.328. The van der Waals surface area contributed by atoms with E-state index in [9.17, 15) is 9.59 Å². The molecule has 0 unspecified atom stereocenters. The number of rotatable bonds is 4. The lowest BCUT2D eigenvalue weighted by molar-refractivity contribution is 0.0706. The molecule has 1 fully saturated rings. The smallest absolute Gasteiger partial charge is 0.271 e. The summed E-state index contributed by atoms with van der Waals surface area (Å²) in [5.41, 5.74) is 5.41. The van der Waals surface area contributed by atoms with Gasteiger partial charge < -0.3 is 20.8 Å². The van der Waals surface area contributed by atoms with Crippen LogP contribution in [0.2, 0.25) is 0 Å². The zero-order chi connectivity index (χ0) is 14.5. The minimum absolute atomic E-state index is 0.0245. The third-order valence-corrected chi connectivity index (χ3v) is 3.49. The summed E-state index contributed by atoms with van der Waals surface area (Å²) in [5.74, 6) is -0.329. The Morgan fingerprint density at radius 2 is 2.15 bits per heavy atom. The molecule has 1 aromatic heterocycles. The predicted molar refractivity (Wildman–Crippen MR) is 73.8 cm³/mol. The second-order valence-electron chi connectivity index (χ2n) is 4.89. The molecule has 7 heteroatoms. The molecule has 7 nitrogen and oxygen atoms in total. The predicted octanol–water partition coefficient (Wildman–Crippen LogP) is 0.506. The number of hydrogen-bond acceptors (Lipinski definition) is 4. The maximum Gasteiger partial charge on any atom is 0.271 e. The molecule has 20 heavy (non-hydrogen) atoms. The van der Waals surface area contributed by atoms with Gasteiger partial charge in [-0.2, -0.15) is 0 Å². The fourth-order valence-corrected chi connectivity index (χ4v) is 2.52. The van der Waals surface area contributed by atoms with E-state index in [-0.39, 0.29) is 35.6 Å². The molecule has 0 aliphatic heterocycles. The van der Waals surface area contributed by atoms with Crippen LogP contribution < -0.4 is 11.3 Å². The van der Waals surface area contributed by atoms with Crippen molar-refractivity contribution in [2.24, 2.45) is 10.9 Å². The van der Waals surface area contributed by atoms with Gasteiger partial charge in [-0.3, -0.25) is 9.59 Å². The molecule has 1 aliphatic rings. The van der Waals surface area contributed by atoms with Crippen LogP contribution in [0.1, 0.15) is 36.2 Å². The van der Waals surface area contributed by atoms with E-state index in [1.54, 1.807) is 11.0 Å². The monoisotopic (exact) mass is 278 g/mol. The van der Waals surface area contributed by atoms with Crippen LogP contribution in [-0.2, 0) is 0 Å². The van der Waals surface area contributed by atoms with Gasteiger partial charge in [0.2, 0.25) is 5.56 Å². The average Bonchev–Trinajstić information content (AvgIpc) is 2.97. The third-order valence-electron chi connectivity index (χ3n) is 3.49. The van der Waals surface area contributed by atoms with Crippen molar-refractivity contribution in [1.29, 1.82) is 0 Å². The number of hydrogen-bond donors (Lipinski definition) is 3. The van der Waals surface area contributed by atoms with E-state index < -0.39 is 0 Å². The molecular weight excluding hydrogens is 260 g/mol. The van der Waals surface area contributed by atoms with Crippen molar-refractivity contribution in [2.75, 3.05) is 6.54 Å². The van der Waals surface area contributed by atoms with E-state index in [0.29, 0.717) is 0 Å². The van der Waals surface area contributed by atoms with E-state index in [1.807, 2.05) is 0 Å². The molecule has 0 saturated heterocycles. The van der Waals surface area contributed by atoms with Gasteiger partial charge in [-0.1, -0.05) is 24.1 Å². The van der Waals surface area contributed by atoms with E-state index in [4.69, 9.17) is 10.9 Å². The maximum atomic E-state index is 12.5. The number of carbonyl (C=O) groups is 1. The van der Waals surface area contributed by atoms with Crippen molar-refractivity contribution in [3.8, 4) is 0 Å². The van der Waals surface area contributed by atoms with Crippen LogP contribution in [0, 0.1) is 0 Å². The highest BCUT2D eigenvalue weighted by molar-refractivity contribution is 5.95. The number of nitrogens with one attached hydrogen (secondary N) is 1. The number of amides is 1. The first-order valence-electron chi connectivity index (χ1n) is 6.58. The van der Waals surface area contributed by atoms with Crippen LogP contribution in [0.15, 0.2) is 28.1 Å². The van der Waals surface area contributed by atoms with Gasteiger partial charge in [-0.25, -0.2) is 0 Å². The fourth-order valence-electron chi connectivity index (χ4n) is 2.52. The Hall–Kier alpha value is -2.31. The van der Waals surface area contributed by atoms with E-state index in [2.05, 4.69) is 10.1 Å². The quantitative estimate of drug-likeness (QED) is 0.322. The number of pyridine rings is 1. The average molecular weight is 278 g/mol. The van der Waals surface area contributed by atoms with Crippen molar-refractivity contribution >= 4 is 11.7 Å². The standard InChI is InChI=1S/C13H18N4O3/c14-11(16-20)8-17(9-4-1-2-5-9)13(19)10-6-3-7-12(18)15-10/h3,6-7,9,20H,1-2,4-5,8H2,(H2,14,16)(H,15,18). The molecule has 1 aliphatic carbocycles. The van der Waals surface area contributed by atoms with Crippen LogP contribution in [0.3, 0.4) is 0 Å². The van der Waals surface area contributed by atoms with Crippen molar-refractivity contribution in [2.45, 2.75) is 31.7 Å². The summed E-state index contributed by atoms with van der Waals surface area (Å²) in [6.45, 7) is 0.0525. The SMILES string of the molecule is N/C(CN(C(=O)c1cccc(=O)[nH]1)C1CCCC1)=N/O. The number of carbonyl (C=O) groups excluding carboxylic acids is 1. The molecule has 0 bridgehead atoms. The summed E-state index contributed by atoms with van der Waals surface area (Å²) in [5, 5.41) is 11.6. The van der Waals surface area contributed by atoms with Crippen LogP contribution in [0.5, 0.6) is 0 Å². The van der Waals surface area contributed by atoms with Crippen LogP contribution in [0.25, 0.3) is 0 Å². The number of nitrogens with two attached hydrogens (primary N) is 1. The van der Waals surface area contributed by atoms with E-state index in [1.165, 1.54) is 12.1 Å². The molecular formula is C13H18N4O3. The molecule has 0 atom stereocenters. The molecule has 4 N–H and O–H groups in total. The van der Waals surface area contributed by atoms with Gasteiger partial charge in [-0.15, -0.1) is 0 Å². The fraction of sp³-hybridized carbons (Fsp3) is 0.462. The Balaban J connectivity index is 2.25. The number of aromatic amines is 1. The number of aromatic nitrogens is 1. The summed E-state index contributed by atoms with van der Waals surface area (Å²) >= 11 is 0. The lowest BCUT2D eigenvalue weighted by Crippen LogP contribution is -2.44. The number of nitrogens with zero attached hydrogens (tertiary/aromatic N) is 2. The minimum Gasteiger partial charge on any atom is -0.409 e. The largest absolute Gasteiger partial charge is 0.409 e. The Labute approximate surface area is 116 Å². The second-order valence-corrected chi connectivity index (χ2v) is 4.89. The van der Waals surface area contributed by atoms with Crippen molar-refractivity contribution in [1.82, 2.24) is 9.88 Å². The summed E-state index contributed by atoms with van der Waals surface area (Å²) in [7, 11) is 0. The Morgan fingerprint density at radius 1 is 1.45 bits per heavy atom. The molecule has 1 heterocycles. The van der Waals surface area contributed by atoms with E-state index in [0.717, 1.165) is 25.7 Å². The number of amidine groups is 1. The summed E-state index contributed by atoms with van der Waals surface area (Å²) in [6.07, 6.45) is 3.88. The molecule has 2 rings (SSSR count). The molecule has 0 radical (unpaired) electrons. The summed E-state index contributed by atoms with van der Waals surface area (Å²) < 4.78 is 0. The lowest BCUT2D eigenvalue weighted by atomic mass is 10.2. The lowest BCUT2D eigenvalue weighted by Gasteiger charge is -2.28. The van der Waals surface area contributed by atoms with Crippen LogP contribution >= 0.6 is 0 Å². The third kappa shape index (κ3) is 3.17. The topological polar surface area (TPSA) is 112 Å². The van der Waals surface area contributed by atoms with Crippen LogP contribution in [-0.4, -0.2) is 39.4 Å². The number of oxime groups is 1. The van der Waals surface area contributed by atoms with Gasteiger partial charge in [-0.05, 0) is 18.9 Å². The molecule has 108 valence electrons. The zero-order valence-electron chi connectivity index (χ0n) is 11.1. The number of H-pyrrole nitrogens is 1. The van der Waals surface area contributed by atoms with Crippen molar-refractivity contribution in [3.63, 3.8) is 0 Å². The zero-order valence-corrected chi connectivity index (χ0v) is 11.1. The first-order valence-corrected chi connectivity index (χ1v) is 6.58.